The summed E-state index contributed by atoms with van der Waals surface area (Å²) in [7, 11) is 0. The van der Waals surface area contributed by atoms with Crippen molar-refractivity contribution in [3.8, 4) is 17.0 Å². The Balaban J connectivity index is 1.33. The standard InChI is InChI=1S/C30H20Cl2FN3O2/c31-25-14-20(15-26(32)29(25)38-18-19-7-6-10-22(33)13-19)17-34-36-30(37)24-16-28(21-8-2-1-3-9-21)35-27-12-5-4-11-23(24)27/h1-17H,18H2,(H,36,37)/b34-17+. The van der Waals surface area contributed by atoms with Crippen LogP contribution in [0.3, 0.4) is 0 Å². The highest BCUT2D eigenvalue weighted by Gasteiger charge is 2.14. The summed E-state index contributed by atoms with van der Waals surface area (Å²) in [5, 5.41) is 5.33. The van der Waals surface area contributed by atoms with Crippen molar-refractivity contribution >= 4 is 46.2 Å². The number of hydrazone groups is 1. The lowest BCUT2D eigenvalue weighted by Crippen LogP contribution is -2.18. The average Bonchev–Trinajstić information content (AvgIpc) is 2.92. The van der Waals surface area contributed by atoms with Crippen molar-refractivity contribution in [3.63, 3.8) is 0 Å². The highest BCUT2D eigenvalue weighted by atomic mass is 35.5. The Labute approximate surface area is 228 Å². The number of para-hydroxylation sites is 1. The molecular formula is C30H20Cl2FN3O2. The number of nitrogens with zero attached hydrogens (tertiary/aromatic N) is 2. The van der Waals surface area contributed by atoms with Crippen LogP contribution in [0.15, 0.2) is 102 Å². The van der Waals surface area contributed by atoms with Crippen LogP contribution in [0.25, 0.3) is 22.2 Å². The van der Waals surface area contributed by atoms with Crippen molar-refractivity contribution in [2.75, 3.05) is 0 Å². The Kier molecular flexibility index (Phi) is 7.63. The number of aromatic nitrogens is 1. The minimum absolute atomic E-state index is 0.103. The number of nitrogens with one attached hydrogen (secondary N) is 1. The Hall–Kier alpha value is -4.26. The molecule has 38 heavy (non-hydrogen) atoms. The number of amides is 1. The monoisotopic (exact) mass is 543 g/mol. The molecule has 5 rings (SSSR count). The van der Waals surface area contributed by atoms with Crippen LogP contribution in [0.4, 0.5) is 4.39 Å². The molecule has 4 aromatic carbocycles. The zero-order valence-electron chi connectivity index (χ0n) is 19.9. The number of hydrogen-bond acceptors (Lipinski definition) is 4. The van der Waals surface area contributed by atoms with E-state index in [0.717, 1.165) is 5.56 Å². The highest BCUT2D eigenvalue weighted by Crippen LogP contribution is 2.34. The van der Waals surface area contributed by atoms with E-state index in [9.17, 15) is 9.18 Å². The lowest BCUT2D eigenvalue weighted by atomic mass is 10.0. The molecule has 0 aliphatic rings. The maximum Gasteiger partial charge on any atom is 0.272 e. The first-order valence-corrected chi connectivity index (χ1v) is 12.4. The molecule has 0 radical (unpaired) electrons. The van der Waals surface area contributed by atoms with E-state index in [-0.39, 0.29) is 34.1 Å². The van der Waals surface area contributed by atoms with Crippen LogP contribution in [0.1, 0.15) is 21.5 Å². The van der Waals surface area contributed by atoms with Gasteiger partial charge in [-0.1, -0.05) is 83.9 Å². The molecule has 0 aliphatic carbocycles. The molecule has 0 atom stereocenters. The molecule has 1 aromatic heterocycles. The summed E-state index contributed by atoms with van der Waals surface area (Å²) in [5.41, 5.74) is 6.52. The Morgan fingerprint density at radius 3 is 2.42 bits per heavy atom. The molecule has 1 N–H and O–H groups in total. The third-order valence-corrected chi connectivity index (χ3v) is 6.26. The van der Waals surface area contributed by atoms with Gasteiger partial charge in [0, 0.05) is 10.9 Å². The summed E-state index contributed by atoms with van der Waals surface area (Å²) in [6.07, 6.45) is 1.44. The van der Waals surface area contributed by atoms with Crippen LogP contribution >= 0.6 is 23.2 Å². The number of fused-ring (bicyclic) bond motifs is 1. The van der Waals surface area contributed by atoms with E-state index in [1.54, 1.807) is 30.3 Å². The van der Waals surface area contributed by atoms with Gasteiger partial charge in [0.1, 0.15) is 12.4 Å². The minimum atomic E-state index is -0.385. The van der Waals surface area contributed by atoms with Gasteiger partial charge in [-0.3, -0.25) is 4.79 Å². The van der Waals surface area contributed by atoms with Crippen molar-refractivity contribution < 1.29 is 13.9 Å². The first kappa shape index (κ1) is 25.4. The molecule has 0 saturated carbocycles. The normalized spacial score (nSPS) is 11.1. The zero-order chi connectivity index (χ0) is 26.5. The number of hydrogen-bond donors (Lipinski definition) is 1. The predicted molar refractivity (Wildman–Crippen MR) is 149 cm³/mol. The van der Waals surface area contributed by atoms with Crippen molar-refractivity contribution in [3.05, 3.63) is 130 Å². The second kappa shape index (κ2) is 11.4. The van der Waals surface area contributed by atoms with Crippen molar-refractivity contribution in [2.24, 2.45) is 5.10 Å². The van der Waals surface area contributed by atoms with E-state index in [1.165, 1.54) is 18.3 Å². The van der Waals surface area contributed by atoms with Crippen LogP contribution in [0.2, 0.25) is 10.0 Å². The van der Waals surface area contributed by atoms with Gasteiger partial charge in [-0.05, 0) is 47.5 Å². The Morgan fingerprint density at radius 2 is 1.66 bits per heavy atom. The summed E-state index contributed by atoms with van der Waals surface area (Å²) in [5.74, 6) is -0.465. The Bertz CT molecular complexity index is 1640. The molecule has 0 spiro atoms. The van der Waals surface area contributed by atoms with Crippen LogP contribution in [0, 0.1) is 5.82 Å². The van der Waals surface area contributed by atoms with Gasteiger partial charge in [0.25, 0.3) is 5.91 Å². The molecule has 0 bridgehead atoms. The largest absolute Gasteiger partial charge is 0.486 e. The number of benzene rings is 4. The first-order valence-electron chi connectivity index (χ1n) is 11.6. The van der Waals surface area contributed by atoms with Crippen LogP contribution < -0.4 is 10.2 Å². The molecule has 188 valence electrons. The number of carbonyl (C=O) groups is 1. The van der Waals surface area contributed by atoms with Crippen molar-refractivity contribution in [1.29, 1.82) is 0 Å². The molecule has 1 heterocycles. The molecule has 5 nitrogen and oxygen atoms in total. The van der Waals surface area contributed by atoms with E-state index >= 15 is 0 Å². The maximum absolute atomic E-state index is 13.4. The molecule has 0 saturated heterocycles. The van der Waals surface area contributed by atoms with Crippen LogP contribution in [-0.2, 0) is 6.61 Å². The molecule has 0 unspecified atom stereocenters. The highest BCUT2D eigenvalue weighted by molar-refractivity contribution is 6.37. The van der Waals surface area contributed by atoms with Crippen LogP contribution in [0.5, 0.6) is 5.75 Å². The van der Waals surface area contributed by atoms with Gasteiger partial charge in [0.05, 0.1) is 33.0 Å². The van der Waals surface area contributed by atoms with E-state index in [1.807, 2.05) is 54.6 Å². The number of halogens is 3. The number of ether oxygens (including phenoxy) is 1. The number of carbonyl (C=O) groups excluding carboxylic acids is 1. The van der Waals surface area contributed by atoms with Gasteiger partial charge in [-0.25, -0.2) is 14.8 Å². The fourth-order valence-electron chi connectivity index (χ4n) is 3.92. The maximum atomic E-state index is 13.4. The summed E-state index contributed by atoms with van der Waals surface area (Å²) in [4.78, 5) is 17.8. The van der Waals surface area contributed by atoms with Crippen LogP contribution in [-0.4, -0.2) is 17.1 Å². The smallest absolute Gasteiger partial charge is 0.272 e. The SMILES string of the molecule is O=C(N/N=C/c1cc(Cl)c(OCc2cccc(F)c2)c(Cl)c1)c1cc(-c2ccccc2)nc2ccccc12. The lowest BCUT2D eigenvalue weighted by molar-refractivity contribution is 0.0956. The fraction of sp³-hybridized carbons (Fsp3) is 0.0333. The lowest BCUT2D eigenvalue weighted by Gasteiger charge is -2.11. The van der Waals surface area contributed by atoms with Crippen molar-refractivity contribution in [2.45, 2.75) is 6.61 Å². The van der Waals surface area contributed by atoms with Crippen molar-refractivity contribution in [1.82, 2.24) is 10.4 Å². The summed E-state index contributed by atoms with van der Waals surface area (Å²) in [6, 6.07) is 28.1. The second-order valence-corrected chi connectivity index (χ2v) is 9.18. The molecule has 0 aliphatic heterocycles. The summed E-state index contributed by atoms with van der Waals surface area (Å²) in [6.45, 7) is 0.103. The quantitative estimate of drug-likeness (QED) is 0.169. The Morgan fingerprint density at radius 1 is 0.921 bits per heavy atom. The van der Waals surface area contributed by atoms with E-state index in [0.29, 0.717) is 33.3 Å². The van der Waals surface area contributed by atoms with E-state index in [2.05, 4.69) is 10.5 Å². The first-order chi connectivity index (χ1) is 18.5. The van der Waals surface area contributed by atoms with Gasteiger partial charge in [0.15, 0.2) is 5.75 Å². The topological polar surface area (TPSA) is 63.6 Å². The summed E-state index contributed by atoms with van der Waals surface area (Å²) >= 11 is 12.7. The number of pyridine rings is 1. The fourth-order valence-corrected chi connectivity index (χ4v) is 4.53. The van der Waals surface area contributed by atoms with Gasteiger partial charge in [-0.2, -0.15) is 5.10 Å². The predicted octanol–water partition coefficient (Wildman–Crippen LogP) is 7.69. The van der Waals surface area contributed by atoms with Gasteiger partial charge in [0.2, 0.25) is 0 Å². The van der Waals surface area contributed by atoms with Gasteiger partial charge in [-0.15, -0.1) is 0 Å². The molecule has 1 amide bonds. The zero-order valence-corrected chi connectivity index (χ0v) is 21.4. The van der Waals surface area contributed by atoms with Gasteiger partial charge >= 0.3 is 0 Å². The van der Waals surface area contributed by atoms with E-state index < -0.39 is 0 Å². The number of rotatable bonds is 7. The molecule has 5 aromatic rings. The molecule has 0 fully saturated rings. The van der Waals surface area contributed by atoms with Gasteiger partial charge < -0.3 is 4.74 Å². The third kappa shape index (κ3) is 5.83. The second-order valence-electron chi connectivity index (χ2n) is 8.37. The molecule has 8 heteroatoms. The van der Waals surface area contributed by atoms with E-state index in [4.69, 9.17) is 32.9 Å². The summed E-state index contributed by atoms with van der Waals surface area (Å²) < 4.78 is 19.1. The minimum Gasteiger partial charge on any atom is -0.486 e. The molecular weight excluding hydrogens is 524 g/mol. The third-order valence-electron chi connectivity index (χ3n) is 5.70. The average molecular weight is 544 g/mol.